The van der Waals surface area contributed by atoms with Crippen LogP contribution in [0.1, 0.15) is 46.0 Å². The lowest BCUT2D eigenvalue weighted by Gasteiger charge is -2.42. The van der Waals surface area contributed by atoms with Crippen molar-refractivity contribution in [2.45, 2.75) is 52.0 Å². The van der Waals surface area contributed by atoms with Crippen LogP contribution in [0.15, 0.2) is 0 Å². The van der Waals surface area contributed by atoms with E-state index in [1.54, 1.807) is 0 Å². The van der Waals surface area contributed by atoms with Crippen molar-refractivity contribution in [3.05, 3.63) is 0 Å². The van der Waals surface area contributed by atoms with E-state index in [0.29, 0.717) is 11.5 Å². The zero-order valence-corrected chi connectivity index (χ0v) is 9.77. The van der Waals surface area contributed by atoms with E-state index in [1.165, 1.54) is 25.7 Å². The number of terminal acetylenes is 1. The molecule has 0 saturated heterocycles. The van der Waals surface area contributed by atoms with E-state index in [4.69, 9.17) is 6.42 Å². The lowest BCUT2D eigenvalue weighted by Crippen LogP contribution is -2.39. The first-order chi connectivity index (χ1) is 6.60. The van der Waals surface area contributed by atoms with E-state index in [0.717, 1.165) is 12.3 Å². The van der Waals surface area contributed by atoms with Gasteiger partial charge in [0.15, 0.2) is 0 Å². The topological polar surface area (TPSA) is 12.0 Å². The second-order valence-corrected chi connectivity index (χ2v) is 5.19. The first-order valence-corrected chi connectivity index (χ1v) is 5.71. The van der Waals surface area contributed by atoms with E-state index in [1.807, 2.05) is 0 Å². The highest BCUT2D eigenvalue weighted by Crippen LogP contribution is 2.42. The van der Waals surface area contributed by atoms with Crippen LogP contribution in [0.4, 0.5) is 0 Å². The quantitative estimate of drug-likeness (QED) is 0.680. The van der Waals surface area contributed by atoms with Crippen LogP contribution < -0.4 is 5.32 Å². The Hall–Kier alpha value is -0.480. The molecule has 1 rings (SSSR count). The fraction of sp³-hybridized carbons (Fsp3) is 0.846. The van der Waals surface area contributed by atoms with Gasteiger partial charge >= 0.3 is 0 Å². The summed E-state index contributed by atoms with van der Waals surface area (Å²) in [5.74, 6) is 3.56. The predicted octanol–water partition coefficient (Wildman–Crippen LogP) is 2.81. The van der Waals surface area contributed by atoms with E-state index >= 15 is 0 Å². The molecule has 80 valence electrons. The van der Waals surface area contributed by atoms with Crippen LogP contribution in [0, 0.1) is 23.7 Å². The highest BCUT2D eigenvalue weighted by Gasteiger charge is 2.35. The highest BCUT2D eigenvalue weighted by molar-refractivity contribution is 4.92. The Balaban J connectivity index is 2.53. The highest BCUT2D eigenvalue weighted by atomic mass is 14.9. The molecule has 1 heteroatoms. The summed E-state index contributed by atoms with van der Waals surface area (Å²) < 4.78 is 0. The first kappa shape index (κ1) is 11.6. The summed E-state index contributed by atoms with van der Waals surface area (Å²) in [6.45, 7) is 4.78. The zero-order valence-electron chi connectivity index (χ0n) is 9.77. The average molecular weight is 193 g/mol. The summed E-state index contributed by atoms with van der Waals surface area (Å²) in [4.78, 5) is 0. The normalized spacial score (nSPS) is 31.0. The molecule has 1 fully saturated rings. The molecular weight excluding hydrogens is 170 g/mol. The molecule has 0 spiro atoms. The fourth-order valence-corrected chi connectivity index (χ4v) is 2.56. The molecule has 0 heterocycles. The number of rotatable bonds is 3. The molecular formula is C13H23N. The van der Waals surface area contributed by atoms with Gasteiger partial charge in [-0.3, -0.25) is 0 Å². The molecule has 0 aromatic heterocycles. The third-order valence-electron chi connectivity index (χ3n) is 3.86. The average Bonchev–Trinajstić information content (AvgIpc) is 2.16. The maximum Gasteiger partial charge on any atom is 0.00889 e. The minimum atomic E-state index is 0.490. The molecule has 1 N–H and O–H groups in total. The van der Waals surface area contributed by atoms with Gasteiger partial charge in [0.1, 0.15) is 0 Å². The Morgan fingerprint density at radius 3 is 2.79 bits per heavy atom. The summed E-state index contributed by atoms with van der Waals surface area (Å²) >= 11 is 0. The van der Waals surface area contributed by atoms with Crippen molar-refractivity contribution in [3.63, 3.8) is 0 Å². The Labute approximate surface area is 88.7 Å². The van der Waals surface area contributed by atoms with Crippen LogP contribution in [0.25, 0.3) is 0 Å². The van der Waals surface area contributed by atoms with Crippen molar-refractivity contribution in [1.29, 1.82) is 0 Å². The van der Waals surface area contributed by atoms with Crippen molar-refractivity contribution in [2.24, 2.45) is 11.3 Å². The van der Waals surface area contributed by atoms with Gasteiger partial charge < -0.3 is 5.32 Å². The van der Waals surface area contributed by atoms with Crippen LogP contribution >= 0.6 is 0 Å². The van der Waals surface area contributed by atoms with Crippen LogP contribution in [0.2, 0.25) is 0 Å². The monoisotopic (exact) mass is 193 g/mol. The molecule has 0 amide bonds. The van der Waals surface area contributed by atoms with Gasteiger partial charge in [-0.25, -0.2) is 0 Å². The fourth-order valence-electron chi connectivity index (χ4n) is 2.56. The van der Waals surface area contributed by atoms with E-state index in [9.17, 15) is 0 Å². The number of hydrogen-bond acceptors (Lipinski definition) is 1. The second-order valence-electron chi connectivity index (χ2n) is 5.19. The Kier molecular flexibility index (Phi) is 4.01. The Morgan fingerprint density at radius 1 is 1.50 bits per heavy atom. The predicted molar refractivity (Wildman–Crippen MR) is 62.0 cm³/mol. The van der Waals surface area contributed by atoms with E-state index in [-0.39, 0.29) is 0 Å². The Morgan fingerprint density at radius 2 is 2.21 bits per heavy atom. The van der Waals surface area contributed by atoms with Gasteiger partial charge in [0.25, 0.3) is 0 Å². The molecule has 0 bridgehead atoms. The minimum Gasteiger partial charge on any atom is -0.317 e. The summed E-state index contributed by atoms with van der Waals surface area (Å²) in [7, 11) is 2.07. The summed E-state index contributed by atoms with van der Waals surface area (Å²) in [6, 6.07) is 0.714. The van der Waals surface area contributed by atoms with E-state index < -0.39 is 0 Å². The summed E-state index contributed by atoms with van der Waals surface area (Å²) in [5, 5.41) is 3.40. The van der Waals surface area contributed by atoms with Gasteiger partial charge in [0.05, 0.1) is 0 Å². The Bertz CT molecular complexity index is 212. The molecule has 2 unspecified atom stereocenters. The standard InChI is InChI=1S/C13H23N/c1-5-6-7-11-10-12(14-4)8-9-13(11,2)3/h1,11-12,14H,6-10H2,2-4H3. The molecule has 0 radical (unpaired) electrons. The van der Waals surface area contributed by atoms with Crippen LogP contribution in [0.5, 0.6) is 0 Å². The molecule has 1 nitrogen and oxygen atoms in total. The largest absolute Gasteiger partial charge is 0.317 e. The first-order valence-electron chi connectivity index (χ1n) is 5.71. The van der Waals surface area contributed by atoms with Crippen molar-refractivity contribution in [1.82, 2.24) is 5.32 Å². The maximum absolute atomic E-state index is 5.34. The van der Waals surface area contributed by atoms with Gasteiger partial charge in [-0.05, 0) is 44.1 Å². The van der Waals surface area contributed by atoms with Gasteiger partial charge in [-0.2, -0.15) is 0 Å². The molecule has 1 saturated carbocycles. The van der Waals surface area contributed by atoms with Gasteiger partial charge in [0, 0.05) is 12.5 Å². The SMILES string of the molecule is C#CCCC1CC(NC)CCC1(C)C. The van der Waals surface area contributed by atoms with Crippen molar-refractivity contribution < 1.29 is 0 Å². The van der Waals surface area contributed by atoms with Crippen molar-refractivity contribution in [2.75, 3.05) is 7.05 Å². The van der Waals surface area contributed by atoms with Gasteiger partial charge in [0.2, 0.25) is 0 Å². The summed E-state index contributed by atoms with van der Waals surface area (Å²) in [5.41, 5.74) is 0.490. The molecule has 2 atom stereocenters. The molecule has 14 heavy (non-hydrogen) atoms. The molecule has 0 aromatic carbocycles. The third-order valence-corrected chi connectivity index (χ3v) is 3.86. The molecule has 0 aromatic rings. The third kappa shape index (κ3) is 2.75. The van der Waals surface area contributed by atoms with Gasteiger partial charge in [-0.1, -0.05) is 13.8 Å². The van der Waals surface area contributed by atoms with Crippen LogP contribution in [0.3, 0.4) is 0 Å². The smallest absolute Gasteiger partial charge is 0.00889 e. The number of nitrogens with one attached hydrogen (secondary N) is 1. The van der Waals surface area contributed by atoms with Crippen molar-refractivity contribution >= 4 is 0 Å². The van der Waals surface area contributed by atoms with Crippen LogP contribution in [-0.4, -0.2) is 13.1 Å². The lowest BCUT2D eigenvalue weighted by atomic mass is 9.66. The van der Waals surface area contributed by atoms with Crippen LogP contribution in [-0.2, 0) is 0 Å². The maximum atomic E-state index is 5.34. The minimum absolute atomic E-state index is 0.490. The summed E-state index contributed by atoms with van der Waals surface area (Å²) in [6.07, 6.45) is 11.4. The second kappa shape index (κ2) is 4.84. The molecule has 1 aliphatic rings. The zero-order chi connectivity index (χ0) is 10.6. The molecule has 0 aliphatic heterocycles. The van der Waals surface area contributed by atoms with Crippen molar-refractivity contribution in [3.8, 4) is 12.3 Å². The van der Waals surface area contributed by atoms with E-state index in [2.05, 4.69) is 32.1 Å². The van der Waals surface area contributed by atoms with Gasteiger partial charge in [-0.15, -0.1) is 12.3 Å². The lowest BCUT2D eigenvalue weighted by molar-refractivity contribution is 0.108. The number of hydrogen-bond donors (Lipinski definition) is 1. The molecule has 1 aliphatic carbocycles.